The summed E-state index contributed by atoms with van der Waals surface area (Å²) in [4.78, 5) is 0. The minimum Gasteiger partial charge on any atom is -0.176 e. The van der Waals surface area contributed by atoms with Crippen molar-refractivity contribution in [3.05, 3.63) is 0 Å². The predicted molar refractivity (Wildman–Crippen MR) is 36.7 cm³/mol. The zero-order chi connectivity index (χ0) is 5.41. The van der Waals surface area contributed by atoms with Crippen LogP contribution in [0.1, 0.15) is 6.92 Å². The molecule has 0 nitrogen and oxygen atoms in total. The molecule has 6 heavy (non-hydrogen) atoms. The molecular weight excluding hydrogens is 135 g/mol. The van der Waals surface area contributed by atoms with Crippen molar-refractivity contribution in [2.24, 2.45) is 0 Å². The Kier molecular flexibility index (Phi) is 28.2. The van der Waals surface area contributed by atoms with Crippen molar-refractivity contribution in [2.45, 2.75) is 13.5 Å². The average molecular weight is 145 g/mol. The third kappa shape index (κ3) is 109. The SMILES string of the molecule is CCCl.C[SiH2]Cl. The zero-order valence-electron chi connectivity index (χ0n) is 4.17. The van der Waals surface area contributed by atoms with E-state index in [1.807, 2.05) is 13.5 Å². The van der Waals surface area contributed by atoms with Gasteiger partial charge in [0.15, 0.2) is 0 Å². The second kappa shape index (κ2) is 17.1. The van der Waals surface area contributed by atoms with Crippen LogP contribution in [0.15, 0.2) is 0 Å². The number of alkyl halides is 1. The summed E-state index contributed by atoms with van der Waals surface area (Å²) < 4.78 is 0. The molecule has 0 rings (SSSR count). The molecule has 0 N–H and O–H groups in total. The number of rotatable bonds is 0. The fourth-order valence-electron chi connectivity index (χ4n) is 0. The number of hydrogen-bond donors (Lipinski definition) is 0. The van der Waals surface area contributed by atoms with Crippen LogP contribution >= 0.6 is 22.7 Å². The lowest BCUT2D eigenvalue weighted by atomic mass is 11.0. The van der Waals surface area contributed by atoms with Gasteiger partial charge in [-0.25, -0.2) is 0 Å². The first-order chi connectivity index (χ1) is 2.83. The first-order valence-corrected chi connectivity index (χ1v) is 6.04. The van der Waals surface area contributed by atoms with E-state index in [0.717, 1.165) is 5.88 Å². The van der Waals surface area contributed by atoms with Gasteiger partial charge in [-0.3, -0.25) is 0 Å². The minimum absolute atomic E-state index is 0.111. The molecule has 0 atom stereocenters. The van der Waals surface area contributed by atoms with Crippen molar-refractivity contribution in [3.8, 4) is 0 Å². The van der Waals surface area contributed by atoms with Crippen LogP contribution in [-0.4, -0.2) is 14.7 Å². The van der Waals surface area contributed by atoms with Gasteiger partial charge in [-0.05, 0) is 0 Å². The smallest absolute Gasteiger partial charge is 0.122 e. The number of hydrogen-bond acceptors (Lipinski definition) is 0. The molecule has 0 aliphatic rings. The molecular formula is C3H10Cl2Si. The van der Waals surface area contributed by atoms with Crippen LogP contribution in [0.5, 0.6) is 0 Å². The Balaban J connectivity index is 0. The molecule has 40 valence electrons. The van der Waals surface area contributed by atoms with Crippen LogP contribution in [0, 0.1) is 0 Å². The molecule has 0 aromatic carbocycles. The lowest BCUT2D eigenvalue weighted by Crippen LogP contribution is -1.45. The van der Waals surface area contributed by atoms with Gasteiger partial charge in [0.1, 0.15) is 8.83 Å². The van der Waals surface area contributed by atoms with E-state index in [4.69, 9.17) is 22.7 Å². The second-order valence-electron chi connectivity index (χ2n) is 0.535. The summed E-state index contributed by atoms with van der Waals surface area (Å²) in [5.41, 5.74) is 0. The molecule has 0 spiro atoms. The maximum atomic E-state index is 5.14. The van der Waals surface area contributed by atoms with Gasteiger partial charge in [0.05, 0.1) is 0 Å². The van der Waals surface area contributed by atoms with E-state index < -0.39 is 0 Å². The van der Waals surface area contributed by atoms with Crippen LogP contribution in [0.2, 0.25) is 6.55 Å². The van der Waals surface area contributed by atoms with E-state index in [0.29, 0.717) is 0 Å². The molecule has 0 amide bonds. The van der Waals surface area contributed by atoms with Crippen LogP contribution < -0.4 is 0 Å². The minimum atomic E-state index is -0.111. The normalized spacial score (nSPS) is 8.00. The van der Waals surface area contributed by atoms with Gasteiger partial charge < -0.3 is 0 Å². The first kappa shape index (κ1) is 9.93. The molecule has 0 bridgehead atoms. The summed E-state index contributed by atoms with van der Waals surface area (Å²) in [5.74, 6) is 0.722. The zero-order valence-corrected chi connectivity index (χ0v) is 7.10. The van der Waals surface area contributed by atoms with E-state index >= 15 is 0 Å². The van der Waals surface area contributed by atoms with Crippen molar-refractivity contribution in [1.82, 2.24) is 0 Å². The molecule has 0 saturated heterocycles. The monoisotopic (exact) mass is 144 g/mol. The van der Waals surface area contributed by atoms with E-state index in [1.165, 1.54) is 0 Å². The first-order valence-electron chi connectivity index (χ1n) is 1.95. The van der Waals surface area contributed by atoms with Crippen molar-refractivity contribution < 1.29 is 0 Å². The molecule has 0 fully saturated rings. The van der Waals surface area contributed by atoms with Gasteiger partial charge >= 0.3 is 0 Å². The molecule has 0 heterocycles. The maximum Gasteiger partial charge on any atom is 0.122 e. The Hall–Kier alpha value is 0.797. The maximum absolute atomic E-state index is 5.14. The predicted octanol–water partition coefficient (Wildman–Crippen LogP) is 1.60. The Morgan fingerprint density at radius 1 is 1.67 bits per heavy atom. The summed E-state index contributed by atoms with van der Waals surface area (Å²) in [6.07, 6.45) is 0. The fourth-order valence-corrected chi connectivity index (χ4v) is 0. The van der Waals surface area contributed by atoms with Crippen LogP contribution in [-0.2, 0) is 0 Å². The van der Waals surface area contributed by atoms with Gasteiger partial charge in [0, 0.05) is 5.88 Å². The van der Waals surface area contributed by atoms with Gasteiger partial charge in [0.2, 0.25) is 0 Å². The third-order valence-electron chi connectivity index (χ3n) is 0. The van der Waals surface area contributed by atoms with Gasteiger partial charge in [-0.15, -0.1) is 11.6 Å². The highest BCUT2D eigenvalue weighted by atomic mass is 35.6. The number of halogens is 2. The van der Waals surface area contributed by atoms with Crippen molar-refractivity contribution >= 4 is 31.5 Å². The highest BCUT2D eigenvalue weighted by Gasteiger charge is 1.42. The molecule has 0 aliphatic carbocycles. The largest absolute Gasteiger partial charge is 0.176 e. The summed E-state index contributed by atoms with van der Waals surface area (Å²) in [6.45, 7) is 3.92. The van der Waals surface area contributed by atoms with Crippen molar-refractivity contribution in [3.63, 3.8) is 0 Å². The van der Waals surface area contributed by atoms with Crippen LogP contribution in [0.4, 0.5) is 0 Å². The quantitative estimate of drug-likeness (QED) is 0.276. The molecule has 0 saturated carbocycles. The highest BCUT2D eigenvalue weighted by molar-refractivity contribution is 6.92. The topological polar surface area (TPSA) is 0 Å². The van der Waals surface area contributed by atoms with Crippen molar-refractivity contribution in [2.75, 3.05) is 5.88 Å². The standard InChI is InChI=1S/C2H5Cl.CH5ClSi/c1-2-3;1-3-2/h2H2,1H3;3H2,1H3. The molecule has 0 aliphatic heterocycles. The summed E-state index contributed by atoms with van der Waals surface area (Å²) >= 11 is 10.1. The molecule has 0 aromatic heterocycles. The second-order valence-corrected chi connectivity index (χ2v) is 3.21. The van der Waals surface area contributed by atoms with E-state index in [9.17, 15) is 0 Å². The molecule has 3 heteroatoms. The molecule has 0 unspecified atom stereocenters. The molecule has 0 radical (unpaired) electrons. The summed E-state index contributed by atoms with van der Waals surface area (Å²) in [7, 11) is -0.111. The fraction of sp³-hybridized carbons (Fsp3) is 1.00. The average Bonchev–Trinajstić information content (AvgIpc) is 1.39. The highest BCUT2D eigenvalue weighted by Crippen LogP contribution is 1.59. The van der Waals surface area contributed by atoms with Gasteiger partial charge in [-0.1, -0.05) is 13.5 Å². The Morgan fingerprint density at radius 2 is 1.67 bits per heavy atom. The third-order valence-corrected chi connectivity index (χ3v) is 0. The van der Waals surface area contributed by atoms with E-state index in [2.05, 4.69) is 0 Å². The van der Waals surface area contributed by atoms with E-state index in [-0.39, 0.29) is 8.83 Å². The van der Waals surface area contributed by atoms with E-state index in [1.54, 1.807) is 0 Å². The van der Waals surface area contributed by atoms with Crippen molar-refractivity contribution in [1.29, 1.82) is 0 Å². The van der Waals surface area contributed by atoms with Crippen LogP contribution in [0.3, 0.4) is 0 Å². The summed E-state index contributed by atoms with van der Waals surface area (Å²) in [6, 6.07) is 0. The van der Waals surface area contributed by atoms with Gasteiger partial charge in [-0.2, -0.15) is 11.1 Å². The Bertz CT molecular complexity index is 10.8. The van der Waals surface area contributed by atoms with Gasteiger partial charge in [0.25, 0.3) is 0 Å². The lowest BCUT2D eigenvalue weighted by molar-refractivity contribution is 1.51. The molecule has 0 aromatic rings. The van der Waals surface area contributed by atoms with Crippen LogP contribution in [0.25, 0.3) is 0 Å². The summed E-state index contributed by atoms with van der Waals surface area (Å²) in [5, 5.41) is 0. The lowest BCUT2D eigenvalue weighted by Gasteiger charge is -1.45. The Labute approximate surface area is 51.4 Å². The Morgan fingerprint density at radius 3 is 1.67 bits per heavy atom.